The van der Waals surface area contributed by atoms with Crippen molar-refractivity contribution in [3.8, 4) is 0 Å². The molecule has 5 heteroatoms. The summed E-state index contributed by atoms with van der Waals surface area (Å²) in [7, 11) is 0. The number of para-hydroxylation sites is 1. The number of rotatable bonds is 3. The minimum Gasteiger partial charge on any atom is -0.330 e. The van der Waals surface area contributed by atoms with Crippen LogP contribution in [0.2, 0.25) is 0 Å². The molecule has 0 radical (unpaired) electrons. The van der Waals surface area contributed by atoms with Crippen LogP contribution in [0.5, 0.6) is 0 Å². The Morgan fingerprint density at radius 2 is 2.27 bits per heavy atom. The minimum absolute atomic E-state index is 0.0801. The zero-order valence-electron chi connectivity index (χ0n) is 7.97. The zero-order chi connectivity index (χ0) is 10.7. The van der Waals surface area contributed by atoms with Gasteiger partial charge in [-0.1, -0.05) is 12.1 Å². The van der Waals surface area contributed by atoms with Gasteiger partial charge in [-0.05, 0) is 23.9 Å². The van der Waals surface area contributed by atoms with E-state index in [1.165, 1.54) is 11.8 Å². The van der Waals surface area contributed by atoms with E-state index in [-0.39, 0.29) is 5.12 Å². The Kier molecular flexibility index (Phi) is 3.35. The number of carbonyl (C=O) groups is 1. The number of hydrogen-bond donors (Lipinski definition) is 1. The van der Waals surface area contributed by atoms with E-state index in [1.54, 1.807) is 11.3 Å². The molecular formula is C10H10N2OS2. The third kappa shape index (κ3) is 2.56. The molecule has 0 spiro atoms. The molecule has 0 aliphatic carbocycles. The van der Waals surface area contributed by atoms with Crippen LogP contribution in [0.4, 0.5) is 0 Å². The van der Waals surface area contributed by atoms with Gasteiger partial charge < -0.3 is 5.73 Å². The Bertz CT molecular complexity index is 448. The zero-order valence-corrected chi connectivity index (χ0v) is 9.61. The second-order valence-electron chi connectivity index (χ2n) is 2.96. The first-order chi connectivity index (χ1) is 7.29. The van der Waals surface area contributed by atoms with Crippen LogP contribution in [0, 0.1) is 0 Å². The fraction of sp³-hybridized carbons (Fsp3) is 0.200. The van der Waals surface area contributed by atoms with Crippen molar-refractivity contribution in [2.75, 3.05) is 6.54 Å². The predicted octanol–water partition coefficient (Wildman–Crippen LogP) is 2.26. The summed E-state index contributed by atoms with van der Waals surface area (Å²) in [5.74, 6) is 0. The maximum Gasteiger partial charge on any atom is 0.197 e. The van der Waals surface area contributed by atoms with Crippen molar-refractivity contribution in [3.05, 3.63) is 24.3 Å². The van der Waals surface area contributed by atoms with E-state index in [4.69, 9.17) is 5.73 Å². The molecule has 2 rings (SSSR count). The van der Waals surface area contributed by atoms with E-state index in [9.17, 15) is 4.79 Å². The van der Waals surface area contributed by atoms with Gasteiger partial charge in [-0.3, -0.25) is 4.79 Å². The molecule has 0 bridgehead atoms. The number of thiazole rings is 1. The summed E-state index contributed by atoms with van der Waals surface area (Å²) in [5, 5.41) is 0.0801. The highest BCUT2D eigenvalue weighted by Gasteiger charge is 2.08. The van der Waals surface area contributed by atoms with Crippen LogP contribution < -0.4 is 5.73 Å². The van der Waals surface area contributed by atoms with Crippen LogP contribution in [0.25, 0.3) is 10.2 Å². The van der Waals surface area contributed by atoms with Gasteiger partial charge in [0.1, 0.15) is 0 Å². The third-order valence-electron chi connectivity index (χ3n) is 1.82. The number of fused-ring (bicyclic) bond motifs is 1. The number of carbonyl (C=O) groups excluding carboxylic acids is 1. The lowest BCUT2D eigenvalue weighted by atomic mass is 10.3. The van der Waals surface area contributed by atoms with Crippen molar-refractivity contribution in [2.45, 2.75) is 10.8 Å². The van der Waals surface area contributed by atoms with Crippen LogP contribution in [0.3, 0.4) is 0 Å². The van der Waals surface area contributed by atoms with Gasteiger partial charge in [-0.2, -0.15) is 0 Å². The molecule has 0 aliphatic heterocycles. The van der Waals surface area contributed by atoms with E-state index in [0.29, 0.717) is 13.0 Å². The molecule has 3 nitrogen and oxygen atoms in total. The Balaban J connectivity index is 2.18. The molecule has 0 aliphatic rings. The molecule has 1 heterocycles. The van der Waals surface area contributed by atoms with Crippen LogP contribution in [0.1, 0.15) is 6.42 Å². The first-order valence-electron chi connectivity index (χ1n) is 4.56. The molecule has 0 saturated heterocycles. The molecule has 78 valence electrons. The Morgan fingerprint density at radius 3 is 3.00 bits per heavy atom. The van der Waals surface area contributed by atoms with Gasteiger partial charge in [0, 0.05) is 13.0 Å². The lowest BCUT2D eigenvalue weighted by molar-refractivity contribution is -0.110. The van der Waals surface area contributed by atoms with Crippen LogP contribution >= 0.6 is 23.1 Å². The van der Waals surface area contributed by atoms with Crippen molar-refractivity contribution >= 4 is 38.4 Å². The van der Waals surface area contributed by atoms with Gasteiger partial charge in [0.15, 0.2) is 9.45 Å². The smallest absolute Gasteiger partial charge is 0.197 e. The van der Waals surface area contributed by atoms with Gasteiger partial charge in [-0.15, -0.1) is 11.3 Å². The molecular weight excluding hydrogens is 228 g/mol. The molecule has 0 amide bonds. The van der Waals surface area contributed by atoms with Gasteiger partial charge >= 0.3 is 0 Å². The second-order valence-corrected chi connectivity index (χ2v) is 5.30. The Hall–Kier alpha value is -0.910. The molecule has 15 heavy (non-hydrogen) atoms. The highest BCUT2D eigenvalue weighted by atomic mass is 32.2. The van der Waals surface area contributed by atoms with Gasteiger partial charge in [-0.25, -0.2) is 4.98 Å². The summed E-state index contributed by atoms with van der Waals surface area (Å²) >= 11 is 2.72. The predicted molar refractivity (Wildman–Crippen MR) is 64.2 cm³/mol. The average molecular weight is 238 g/mol. The minimum atomic E-state index is 0.0801. The maximum absolute atomic E-state index is 11.3. The molecule has 2 aromatic rings. The molecule has 0 atom stereocenters. The van der Waals surface area contributed by atoms with E-state index in [1.807, 2.05) is 24.3 Å². The quantitative estimate of drug-likeness (QED) is 0.833. The Labute approximate surface area is 95.7 Å². The first-order valence-corrected chi connectivity index (χ1v) is 6.19. The summed E-state index contributed by atoms with van der Waals surface area (Å²) in [6, 6.07) is 7.86. The van der Waals surface area contributed by atoms with Gasteiger partial charge in [0.25, 0.3) is 0 Å². The number of thioether (sulfide) groups is 1. The lowest BCUT2D eigenvalue weighted by Crippen LogP contribution is -2.04. The van der Waals surface area contributed by atoms with Gasteiger partial charge in [0.2, 0.25) is 0 Å². The van der Waals surface area contributed by atoms with Crippen molar-refractivity contribution in [1.29, 1.82) is 0 Å². The molecule has 0 fully saturated rings. The van der Waals surface area contributed by atoms with Crippen molar-refractivity contribution < 1.29 is 4.79 Å². The van der Waals surface area contributed by atoms with Crippen molar-refractivity contribution in [2.24, 2.45) is 5.73 Å². The molecule has 2 N–H and O–H groups in total. The Morgan fingerprint density at radius 1 is 1.47 bits per heavy atom. The largest absolute Gasteiger partial charge is 0.330 e. The molecule has 0 unspecified atom stereocenters. The monoisotopic (exact) mass is 238 g/mol. The summed E-state index contributed by atoms with van der Waals surface area (Å²) in [6.45, 7) is 0.400. The fourth-order valence-electron chi connectivity index (χ4n) is 1.16. The first kappa shape index (κ1) is 10.6. The summed E-state index contributed by atoms with van der Waals surface area (Å²) in [5.41, 5.74) is 6.26. The third-order valence-corrected chi connectivity index (χ3v) is 3.85. The van der Waals surface area contributed by atoms with Gasteiger partial charge in [0.05, 0.1) is 10.2 Å². The summed E-state index contributed by atoms with van der Waals surface area (Å²) in [4.78, 5) is 15.7. The van der Waals surface area contributed by atoms with Crippen LogP contribution in [0.15, 0.2) is 28.6 Å². The number of benzene rings is 1. The second kappa shape index (κ2) is 4.74. The lowest BCUT2D eigenvalue weighted by Gasteiger charge is -1.92. The number of nitrogens with zero attached hydrogens (tertiary/aromatic N) is 1. The molecule has 1 aromatic carbocycles. The molecule has 0 saturated carbocycles. The summed E-state index contributed by atoms with van der Waals surface area (Å²) in [6.07, 6.45) is 0.403. The van der Waals surface area contributed by atoms with Crippen molar-refractivity contribution in [3.63, 3.8) is 0 Å². The average Bonchev–Trinajstić information content (AvgIpc) is 2.59. The topological polar surface area (TPSA) is 56.0 Å². The van der Waals surface area contributed by atoms with Crippen molar-refractivity contribution in [1.82, 2.24) is 4.98 Å². The highest BCUT2D eigenvalue weighted by molar-refractivity contribution is 8.15. The molecule has 1 aromatic heterocycles. The standard InChI is InChI=1S/C10H10N2OS2/c11-6-5-9(13)15-10-12-7-3-1-2-4-8(7)14-10/h1-4H,5-6,11H2. The van der Waals surface area contributed by atoms with E-state index < -0.39 is 0 Å². The maximum atomic E-state index is 11.3. The van der Waals surface area contributed by atoms with E-state index in [0.717, 1.165) is 14.6 Å². The SMILES string of the molecule is NCCC(=O)Sc1nc2ccccc2s1. The van der Waals surface area contributed by atoms with Crippen LogP contribution in [-0.4, -0.2) is 16.6 Å². The highest BCUT2D eigenvalue weighted by Crippen LogP contribution is 2.29. The number of aromatic nitrogens is 1. The number of hydrogen-bond acceptors (Lipinski definition) is 5. The fourth-order valence-corrected chi connectivity index (χ4v) is 3.13. The number of nitrogens with two attached hydrogens (primary N) is 1. The van der Waals surface area contributed by atoms with E-state index >= 15 is 0 Å². The summed E-state index contributed by atoms with van der Waals surface area (Å²) < 4.78 is 1.91. The normalized spacial score (nSPS) is 10.7. The van der Waals surface area contributed by atoms with Crippen LogP contribution in [-0.2, 0) is 4.79 Å². The van der Waals surface area contributed by atoms with E-state index in [2.05, 4.69) is 4.98 Å².